The second-order valence-corrected chi connectivity index (χ2v) is 9.15. The van der Waals surface area contributed by atoms with E-state index in [1.807, 2.05) is 13.1 Å². The lowest BCUT2D eigenvalue weighted by Gasteiger charge is -2.15. The first kappa shape index (κ1) is 17.7. The van der Waals surface area contributed by atoms with Gasteiger partial charge in [0.25, 0.3) is 5.56 Å². The molecular weight excluding hydrogens is 384 g/mol. The summed E-state index contributed by atoms with van der Waals surface area (Å²) in [4.78, 5) is 20.1. The van der Waals surface area contributed by atoms with Crippen molar-refractivity contribution in [2.45, 2.75) is 24.4 Å². The van der Waals surface area contributed by atoms with Gasteiger partial charge in [-0.3, -0.25) is 9.36 Å². The van der Waals surface area contributed by atoms with Crippen molar-refractivity contribution in [3.63, 3.8) is 0 Å². The minimum Gasteiger partial charge on any atom is -0.290 e. The highest BCUT2D eigenvalue weighted by molar-refractivity contribution is 7.99. The summed E-state index contributed by atoms with van der Waals surface area (Å²) < 4.78 is 1.73. The second kappa shape index (κ2) is 7.22. The predicted octanol–water partition coefficient (Wildman–Crippen LogP) is 5.10. The van der Waals surface area contributed by atoms with Crippen LogP contribution in [-0.2, 0) is 26.3 Å². The van der Waals surface area contributed by atoms with E-state index < -0.39 is 0 Å². The third-order valence-electron chi connectivity index (χ3n) is 5.36. The molecule has 0 saturated carbocycles. The zero-order valence-corrected chi connectivity index (χ0v) is 17.3. The highest BCUT2D eigenvalue weighted by Gasteiger charge is 2.24. The zero-order valence-electron chi connectivity index (χ0n) is 15.6. The van der Waals surface area contributed by atoms with Crippen LogP contribution in [0.1, 0.15) is 16.7 Å². The fourth-order valence-corrected chi connectivity index (χ4v) is 6.16. The molecule has 5 heteroatoms. The first-order chi connectivity index (χ1) is 13.7. The van der Waals surface area contributed by atoms with Crippen LogP contribution in [0.2, 0.25) is 0 Å². The van der Waals surface area contributed by atoms with Crippen molar-refractivity contribution < 1.29 is 0 Å². The summed E-state index contributed by atoms with van der Waals surface area (Å²) in [5.41, 5.74) is 5.23. The monoisotopic (exact) mass is 404 g/mol. The molecule has 1 aliphatic carbocycles. The molecule has 3 nitrogen and oxygen atoms in total. The smallest absolute Gasteiger partial charge is 0.262 e. The summed E-state index contributed by atoms with van der Waals surface area (Å²) in [6.07, 6.45) is 2.88. The molecule has 1 aliphatic rings. The topological polar surface area (TPSA) is 34.9 Å². The Morgan fingerprint density at radius 3 is 2.71 bits per heavy atom. The average molecular weight is 405 g/mol. The first-order valence-corrected chi connectivity index (χ1v) is 11.3. The number of rotatable bonds is 4. The van der Waals surface area contributed by atoms with Crippen molar-refractivity contribution in [1.29, 1.82) is 0 Å². The third-order valence-corrected chi connectivity index (χ3v) is 7.55. The number of hydrogen-bond donors (Lipinski definition) is 0. The van der Waals surface area contributed by atoms with Crippen LogP contribution in [-0.4, -0.2) is 15.3 Å². The maximum absolute atomic E-state index is 13.1. The Bertz CT molecular complexity index is 1220. The molecule has 0 spiro atoms. The molecule has 0 bridgehead atoms. The van der Waals surface area contributed by atoms with Crippen molar-refractivity contribution in [2.75, 3.05) is 5.75 Å². The molecule has 2 aromatic heterocycles. The normalized spacial score (nSPS) is 12.8. The van der Waals surface area contributed by atoms with Gasteiger partial charge in [-0.05, 0) is 41.5 Å². The van der Waals surface area contributed by atoms with Gasteiger partial charge in [0, 0.05) is 17.7 Å². The largest absolute Gasteiger partial charge is 0.290 e. The van der Waals surface area contributed by atoms with Gasteiger partial charge in [0.2, 0.25) is 0 Å². The highest BCUT2D eigenvalue weighted by atomic mass is 32.2. The van der Waals surface area contributed by atoms with Gasteiger partial charge in [-0.2, -0.15) is 0 Å². The third kappa shape index (κ3) is 2.99. The Morgan fingerprint density at radius 2 is 1.86 bits per heavy atom. The van der Waals surface area contributed by atoms with E-state index in [0.717, 1.165) is 40.4 Å². The van der Waals surface area contributed by atoms with Crippen molar-refractivity contribution in [3.05, 3.63) is 81.6 Å². The van der Waals surface area contributed by atoms with Crippen molar-refractivity contribution in [2.24, 2.45) is 7.05 Å². The van der Waals surface area contributed by atoms with Gasteiger partial charge in [0.05, 0.1) is 5.39 Å². The van der Waals surface area contributed by atoms with Gasteiger partial charge in [-0.1, -0.05) is 66.4 Å². The number of nitrogens with zero attached hydrogens (tertiary/aromatic N) is 2. The summed E-state index contributed by atoms with van der Waals surface area (Å²) in [5.74, 6) is 0.906. The number of thioether (sulfide) groups is 1. The maximum atomic E-state index is 13.1. The fourth-order valence-electron chi connectivity index (χ4n) is 3.88. The summed E-state index contributed by atoms with van der Waals surface area (Å²) in [5, 5.41) is 1.63. The fraction of sp³-hybridized carbons (Fsp3) is 0.217. The Balaban J connectivity index is 1.51. The summed E-state index contributed by atoms with van der Waals surface area (Å²) in [6.45, 7) is 0. The van der Waals surface area contributed by atoms with Crippen LogP contribution in [0.15, 0.2) is 64.5 Å². The minimum absolute atomic E-state index is 0.0871. The van der Waals surface area contributed by atoms with E-state index >= 15 is 0 Å². The summed E-state index contributed by atoms with van der Waals surface area (Å²) in [7, 11) is 1.85. The first-order valence-electron chi connectivity index (χ1n) is 9.50. The molecule has 0 fully saturated rings. The number of fused-ring (bicyclic) bond motifs is 5. The SMILES string of the molecule is Cn1c(SCCc2ccccc2)nc2sc3c(c2c1=O)CCc1ccccc1-3. The standard InChI is InChI=1S/C23H20N2OS2/c1-25-22(26)19-18-12-11-16-9-5-6-10-17(16)20(18)28-21(19)24-23(25)27-14-13-15-7-3-2-4-8-15/h2-10H,11-14H2,1H3. The number of aryl methyl sites for hydroxylation is 3. The van der Waals surface area contributed by atoms with E-state index in [-0.39, 0.29) is 5.56 Å². The van der Waals surface area contributed by atoms with Gasteiger partial charge in [-0.25, -0.2) is 4.98 Å². The van der Waals surface area contributed by atoms with Crippen LogP contribution in [0.4, 0.5) is 0 Å². The van der Waals surface area contributed by atoms with Gasteiger partial charge in [0.15, 0.2) is 5.16 Å². The number of benzene rings is 2. The van der Waals surface area contributed by atoms with Gasteiger partial charge in [-0.15, -0.1) is 11.3 Å². The van der Waals surface area contributed by atoms with E-state index in [4.69, 9.17) is 4.98 Å². The second-order valence-electron chi connectivity index (χ2n) is 7.09. The van der Waals surface area contributed by atoms with Gasteiger partial charge in [0.1, 0.15) is 4.83 Å². The van der Waals surface area contributed by atoms with Crippen LogP contribution < -0.4 is 5.56 Å². The Kier molecular flexibility index (Phi) is 4.57. The molecule has 0 aliphatic heterocycles. The van der Waals surface area contributed by atoms with Crippen LogP contribution in [0.25, 0.3) is 20.7 Å². The van der Waals surface area contributed by atoms with Gasteiger partial charge >= 0.3 is 0 Å². The lowest BCUT2D eigenvalue weighted by Crippen LogP contribution is -2.20. The van der Waals surface area contributed by atoms with Crippen LogP contribution >= 0.6 is 23.1 Å². The summed E-state index contributed by atoms with van der Waals surface area (Å²) in [6, 6.07) is 19.0. The van der Waals surface area contributed by atoms with Gasteiger partial charge < -0.3 is 0 Å². The summed E-state index contributed by atoms with van der Waals surface area (Å²) >= 11 is 3.33. The molecule has 0 unspecified atom stereocenters. The molecular formula is C23H20N2OS2. The van der Waals surface area contributed by atoms with Crippen LogP contribution in [0, 0.1) is 0 Å². The Labute approximate surface area is 172 Å². The molecule has 2 aromatic carbocycles. The molecule has 4 aromatic rings. The average Bonchev–Trinajstić information content (AvgIpc) is 3.11. The number of hydrogen-bond acceptors (Lipinski definition) is 4. The molecule has 0 radical (unpaired) electrons. The minimum atomic E-state index is 0.0871. The maximum Gasteiger partial charge on any atom is 0.262 e. The lowest BCUT2D eigenvalue weighted by molar-refractivity contribution is 0.726. The van der Waals surface area contributed by atoms with E-state index in [9.17, 15) is 4.79 Å². The Hall–Kier alpha value is -2.37. The van der Waals surface area contributed by atoms with Crippen molar-refractivity contribution >= 4 is 33.3 Å². The molecule has 140 valence electrons. The quantitative estimate of drug-likeness (QED) is 0.351. The number of thiophene rings is 1. The zero-order chi connectivity index (χ0) is 19.1. The molecule has 0 atom stereocenters. The Morgan fingerprint density at radius 1 is 1.07 bits per heavy atom. The number of aromatic nitrogens is 2. The van der Waals surface area contributed by atoms with Crippen molar-refractivity contribution in [1.82, 2.24) is 9.55 Å². The molecule has 2 heterocycles. The predicted molar refractivity (Wildman–Crippen MR) is 119 cm³/mol. The molecule has 28 heavy (non-hydrogen) atoms. The molecule has 0 amide bonds. The van der Waals surface area contributed by atoms with E-state index in [0.29, 0.717) is 0 Å². The van der Waals surface area contributed by atoms with Crippen molar-refractivity contribution in [3.8, 4) is 10.4 Å². The van der Waals surface area contributed by atoms with E-state index in [1.54, 1.807) is 27.7 Å². The molecule has 0 saturated heterocycles. The molecule has 5 rings (SSSR count). The van der Waals surface area contributed by atoms with Crippen LogP contribution in [0.5, 0.6) is 0 Å². The van der Waals surface area contributed by atoms with E-state index in [1.165, 1.54) is 27.1 Å². The van der Waals surface area contributed by atoms with Crippen LogP contribution in [0.3, 0.4) is 0 Å². The van der Waals surface area contributed by atoms with E-state index in [2.05, 4.69) is 48.5 Å². The molecule has 0 N–H and O–H groups in total. The highest BCUT2D eigenvalue weighted by Crippen LogP contribution is 2.42. The lowest BCUT2D eigenvalue weighted by atomic mass is 9.90.